The van der Waals surface area contributed by atoms with Crippen LogP contribution in [-0.4, -0.2) is 48.4 Å². The van der Waals surface area contributed by atoms with E-state index in [2.05, 4.69) is 5.32 Å². The molecule has 5 rings (SSSR count). The number of rotatable bonds is 8. The predicted octanol–water partition coefficient (Wildman–Crippen LogP) is 4.67. The molecule has 2 aliphatic rings. The Morgan fingerprint density at radius 1 is 1.03 bits per heavy atom. The molecule has 7 heteroatoms. The number of benzene rings is 3. The summed E-state index contributed by atoms with van der Waals surface area (Å²) in [6, 6.07) is 18.3. The van der Waals surface area contributed by atoms with Crippen LogP contribution in [0.1, 0.15) is 54.9 Å². The Balaban J connectivity index is 1.39. The number of nitrogens with zero attached hydrogens (tertiary/aromatic N) is 2. The van der Waals surface area contributed by atoms with E-state index in [1.165, 1.54) is 11.3 Å². The van der Waals surface area contributed by atoms with Crippen molar-refractivity contribution < 1.29 is 19.1 Å². The van der Waals surface area contributed by atoms with E-state index in [1.807, 2.05) is 54.6 Å². The molecule has 3 aromatic carbocycles. The van der Waals surface area contributed by atoms with Gasteiger partial charge in [0, 0.05) is 23.5 Å². The molecule has 1 fully saturated rings. The summed E-state index contributed by atoms with van der Waals surface area (Å²) in [4.78, 5) is 43.5. The molecule has 0 saturated heterocycles. The van der Waals surface area contributed by atoms with E-state index in [0.29, 0.717) is 5.56 Å². The highest BCUT2D eigenvalue weighted by molar-refractivity contribution is 6.26. The zero-order valence-corrected chi connectivity index (χ0v) is 21.4. The lowest BCUT2D eigenvalue weighted by Crippen LogP contribution is -2.52. The van der Waals surface area contributed by atoms with Crippen LogP contribution >= 0.6 is 0 Å². The second-order valence-electron chi connectivity index (χ2n) is 9.96. The number of ether oxygens (including phenoxy) is 1. The van der Waals surface area contributed by atoms with E-state index in [1.54, 1.807) is 25.0 Å². The monoisotopic (exact) mass is 499 g/mol. The van der Waals surface area contributed by atoms with Gasteiger partial charge in [-0.3, -0.25) is 19.3 Å². The third kappa shape index (κ3) is 5.03. The minimum absolute atomic E-state index is 0.135. The average Bonchev–Trinajstić information content (AvgIpc) is 3.20. The summed E-state index contributed by atoms with van der Waals surface area (Å²) in [7, 11) is 1.61. The van der Waals surface area contributed by atoms with Gasteiger partial charge >= 0.3 is 0 Å². The normalized spacial score (nSPS) is 16.1. The van der Waals surface area contributed by atoms with E-state index in [9.17, 15) is 14.4 Å². The van der Waals surface area contributed by atoms with Crippen LogP contribution in [0, 0.1) is 0 Å². The molecule has 3 aromatic rings. The number of amides is 3. The van der Waals surface area contributed by atoms with Crippen molar-refractivity contribution in [2.45, 2.75) is 57.7 Å². The largest absolute Gasteiger partial charge is 0.497 e. The molecule has 3 amide bonds. The van der Waals surface area contributed by atoms with Gasteiger partial charge < -0.3 is 15.0 Å². The first-order chi connectivity index (χ1) is 18.0. The Morgan fingerprint density at radius 2 is 1.73 bits per heavy atom. The zero-order chi connectivity index (χ0) is 25.9. The van der Waals surface area contributed by atoms with Gasteiger partial charge in [0.05, 0.1) is 12.8 Å². The third-order valence-electron chi connectivity index (χ3n) is 7.57. The van der Waals surface area contributed by atoms with Crippen LogP contribution in [0.25, 0.3) is 10.8 Å². The number of hydrogen-bond donors (Lipinski definition) is 1. The first kappa shape index (κ1) is 24.8. The smallest absolute Gasteiger partial charge is 0.259 e. The summed E-state index contributed by atoms with van der Waals surface area (Å²) in [5.41, 5.74) is 2.21. The van der Waals surface area contributed by atoms with Gasteiger partial charge in [-0.25, -0.2) is 0 Å². The Kier molecular flexibility index (Phi) is 7.12. The first-order valence-electron chi connectivity index (χ1n) is 13.0. The highest BCUT2D eigenvalue weighted by Crippen LogP contribution is 2.37. The molecule has 7 nitrogen and oxygen atoms in total. The van der Waals surface area contributed by atoms with E-state index >= 15 is 0 Å². The maximum absolute atomic E-state index is 13.8. The fourth-order valence-corrected chi connectivity index (χ4v) is 5.44. The second-order valence-corrected chi connectivity index (χ2v) is 9.96. The summed E-state index contributed by atoms with van der Waals surface area (Å²) in [5.74, 6) is 0.0919. The van der Waals surface area contributed by atoms with Crippen molar-refractivity contribution in [1.29, 1.82) is 0 Å². The Bertz CT molecular complexity index is 1310. The Morgan fingerprint density at radius 3 is 2.43 bits per heavy atom. The molecule has 1 saturated carbocycles. The average molecular weight is 500 g/mol. The molecule has 0 radical (unpaired) electrons. The van der Waals surface area contributed by atoms with Crippen molar-refractivity contribution in [1.82, 2.24) is 10.2 Å². The SMILES string of the molecule is COc1ccc(CN(C(=O)CN2C(=O)c3cccc4cccc2c34)C(C)C(=O)NC2CCCCC2)cc1. The van der Waals surface area contributed by atoms with Gasteiger partial charge in [-0.1, -0.05) is 55.7 Å². The van der Waals surface area contributed by atoms with E-state index in [0.717, 1.165) is 53.5 Å². The van der Waals surface area contributed by atoms with Crippen LogP contribution in [0.4, 0.5) is 5.69 Å². The number of anilines is 1. The van der Waals surface area contributed by atoms with Crippen LogP contribution in [0.5, 0.6) is 5.75 Å². The maximum atomic E-state index is 13.8. The molecule has 1 unspecified atom stereocenters. The first-order valence-corrected chi connectivity index (χ1v) is 13.0. The molecular formula is C30H33N3O4. The van der Waals surface area contributed by atoms with Gasteiger partial charge in [-0.15, -0.1) is 0 Å². The molecule has 1 heterocycles. The number of carbonyl (C=O) groups is 3. The van der Waals surface area contributed by atoms with Gasteiger partial charge in [0.2, 0.25) is 11.8 Å². The quantitative estimate of drug-likeness (QED) is 0.488. The summed E-state index contributed by atoms with van der Waals surface area (Å²) < 4.78 is 5.26. The topological polar surface area (TPSA) is 79.0 Å². The summed E-state index contributed by atoms with van der Waals surface area (Å²) in [6.07, 6.45) is 5.35. The molecule has 1 aliphatic carbocycles. The van der Waals surface area contributed by atoms with E-state index in [4.69, 9.17) is 4.74 Å². The van der Waals surface area contributed by atoms with Crippen LogP contribution < -0.4 is 15.0 Å². The second kappa shape index (κ2) is 10.6. The van der Waals surface area contributed by atoms with Gasteiger partial charge in [0.1, 0.15) is 18.3 Å². The molecule has 37 heavy (non-hydrogen) atoms. The van der Waals surface area contributed by atoms with Crippen LogP contribution in [-0.2, 0) is 16.1 Å². The fraction of sp³-hybridized carbons (Fsp3) is 0.367. The zero-order valence-electron chi connectivity index (χ0n) is 21.4. The van der Waals surface area contributed by atoms with Crippen molar-refractivity contribution in [3.8, 4) is 5.75 Å². The van der Waals surface area contributed by atoms with Gasteiger partial charge in [0.25, 0.3) is 5.91 Å². The van der Waals surface area contributed by atoms with Crippen molar-refractivity contribution in [3.05, 3.63) is 71.8 Å². The molecule has 1 aliphatic heterocycles. The van der Waals surface area contributed by atoms with Crippen LogP contribution in [0.3, 0.4) is 0 Å². The molecule has 1 N–H and O–H groups in total. The molecule has 1 atom stereocenters. The highest BCUT2D eigenvalue weighted by Gasteiger charge is 2.34. The number of hydrogen-bond acceptors (Lipinski definition) is 4. The predicted molar refractivity (Wildman–Crippen MR) is 144 cm³/mol. The van der Waals surface area contributed by atoms with Gasteiger partial charge in [0.15, 0.2) is 0 Å². The standard InChI is InChI=1S/C30H33N3O4/c1-20(29(35)31-23-10-4-3-5-11-23)32(18-21-14-16-24(37-2)17-15-21)27(34)19-33-26-13-7-9-22-8-6-12-25(28(22)26)30(33)36/h6-9,12-17,20,23H,3-5,10-11,18-19H2,1-2H3,(H,31,35). The lowest BCUT2D eigenvalue weighted by atomic mass is 9.95. The van der Waals surface area contributed by atoms with Crippen molar-refractivity contribution in [3.63, 3.8) is 0 Å². The number of methoxy groups -OCH3 is 1. The minimum Gasteiger partial charge on any atom is -0.497 e. The Hall–Kier alpha value is -3.87. The highest BCUT2D eigenvalue weighted by atomic mass is 16.5. The summed E-state index contributed by atoms with van der Waals surface area (Å²) in [6.45, 7) is 1.88. The Labute approximate surface area is 217 Å². The molecule has 0 bridgehead atoms. The molecule has 0 spiro atoms. The van der Waals surface area contributed by atoms with Crippen molar-refractivity contribution in [2.75, 3.05) is 18.6 Å². The van der Waals surface area contributed by atoms with Crippen LogP contribution in [0.15, 0.2) is 60.7 Å². The number of carbonyl (C=O) groups excluding carboxylic acids is 3. The van der Waals surface area contributed by atoms with E-state index < -0.39 is 6.04 Å². The van der Waals surface area contributed by atoms with Crippen molar-refractivity contribution in [2.24, 2.45) is 0 Å². The lowest BCUT2D eigenvalue weighted by Gasteiger charge is -2.32. The number of nitrogens with one attached hydrogen (secondary N) is 1. The van der Waals surface area contributed by atoms with Crippen molar-refractivity contribution >= 4 is 34.2 Å². The van der Waals surface area contributed by atoms with E-state index in [-0.39, 0.29) is 36.9 Å². The lowest BCUT2D eigenvalue weighted by molar-refractivity contribution is -0.139. The molecular weight excluding hydrogens is 466 g/mol. The van der Waals surface area contributed by atoms with Gasteiger partial charge in [-0.2, -0.15) is 0 Å². The summed E-state index contributed by atoms with van der Waals surface area (Å²) >= 11 is 0. The summed E-state index contributed by atoms with van der Waals surface area (Å²) in [5, 5.41) is 4.99. The van der Waals surface area contributed by atoms with Crippen LogP contribution in [0.2, 0.25) is 0 Å². The third-order valence-corrected chi connectivity index (χ3v) is 7.57. The minimum atomic E-state index is -0.688. The fourth-order valence-electron chi connectivity index (χ4n) is 5.44. The maximum Gasteiger partial charge on any atom is 0.259 e. The van der Waals surface area contributed by atoms with Gasteiger partial charge in [-0.05, 0) is 55.0 Å². The molecule has 192 valence electrons. The molecule has 0 aromatic heterocycles.